The maximum atomic E-state index is 10.6. The summed E-state index contributed by atoms with van der Waals surface area (Å²) in [4.78, 5) is 4.95. The minimum atomic E-state index is -0.494. The summed E-state index contributed by atoms with van der Waals surface area (Å²) in [6.07, 6.45) is 4.19. The summed E-state index contributed by atoms with van der Waals surface area (Å²) < 4.78 is 7.89. The quantitative estimate of drug-likeness (QED) is 0.654. The maximum Gasteiger partial charge on any atom is 0.127 e. The Morgan fingerprint density at radius 2 is 1.80 bits per heavy atom. The van der Waals surface area contributed by atoms with Crippen molar-refractivity contribution in [1.82, 2.24) is 19.6 Å². The highest BCUT2D eigenvalue weighted by Gasteiger charge is 2.31. The summed E-state index contributed by atoms with van der Waals surface area (Å²) in [7, 11) is 1.93. The molecule has 0 bridgehead atoms. The lowest BCUT2D eigenvalue weighted by Gasteiger charge is -2.35. The molecule has 1 atom stereocenters. The lowest BCUT2D eigenvalue weighted by molar-refractivity contribution is 0.0449. The fourth-order valence-electron chi connectivity index (χ4n) is 4.47. The first kappa shape index (κ1) is 19.5. The van der Waals surface area contributed by atoms with Gasteiger partial charge >= 0.3 is 0 Å². The van der Waals surface area contributed by atoms with Gasteiger partial charge in [-0.25, -0.2) is 0 Å². The first-order chi connectivity index (χ1) is 14.7. The molecule has 3 aromatic rings. The third kappa shape index (κ3) is 4.21. The number of hydrogen-bond acceptors (Lipinski definition) is 5. The first-order valence-corrected chi connectivity index (χ1v) is 11.0. The van der Waals surface area contributed by atoms with E-state index >= 15 is 0 Å². The van der Waals surface area contributed by atoms with Crippen LogP contribution in [0.4, 0.5) is 0 Å². The lowest BCUT2D eigenvalue weighted by Crippen LogP contribution is -2.49. The number of aliphatic hydroxyl groups excluding tert-OH is 1. The van der Waals surface area contributed by atoms with Crippen LogP contribution in [0.3, 0.4) is 0 Å². The Hall–Kier alpha value is -2.41. The molecule has 1 saturated heterocycles. The number of nitrogens with zero attached hydrogens (tertiary/aromatic N) is 4. The van der Waals surface area contributed by atoms with E-state index in [2.05, 4.69) is 33.1 Å². The van der Waals surface area contributed by atoms with Crippen molar-refractivity contribution in [2.45, 2.75) is 25.0 Å². The summed E-state index contributed by atoms with van der Waals surface area (Å²) >= 11 is 0. The second-order valence-electron chi connectivity index (χ2n) is 8.56. The van der Waals surface area contributed by atoms with Crippen molar-refractivity contribution in [3.05, 3.63) is 48.7 Å². The first-order valence-electron chi connectivity index (χ1n) is 11.0. The normalized spacial score (nSPS) is 19.3. The molecule has 6 nitrogen and oxygen atoms in total. The molecule has 2 fully saturated rings. The zero-order valence-corrected chi connectivity index (χ0v) is 17.6. The van der Waals surface area contributed by atoms with E-state index in [0.717, 1.165) is 60.0 Å². The number of aromatic nitrogens is 2. The van der Waals surface area contributed by atoms with Crippen LogP contribution in [0, 0.1) is 0 Å². The second-order valence-corrected chi connectivity index (χ2v) is 8.56. The molecule has 6 heteroatoms. The van der Waals surface area contributed by atoms with Crippen molar-refractivity contribution < 1.29 is 9.84 Å². The van der Waals surface area contributed by atoms with E-state index in [4.69, 9.17) is 4.74 Å². The van der Waals surface area contributed by atoms with E-state index in [1.165, 1.54) is 12.8 Å². The molecule has 2 aromatic carbocycles. The summed E-state index contributed by atoms with van der Waals surface area (Å²) in [6, 6.07) is 15.1. The fourth-order valence-corrected chi connectivity index (χ4v) is 4.47. The van der Waals surface area contributed by atoms with Crippen LogP contribution in [-0.4, -0.2) is 76.2 Å². The van der Waals surface area contributed by atoms with Gasteiger partial charge in [-0.05, 0) is 36.4 Å². The zero-order chi connectivity index (χ0) is 20.5. The molecule has 1 aliphatic heterocycles. The molecule has 1 N–H and O–H groups in total. The van der Waals surface area contributed by atoms with Crippen molar-refractivity contribution >= 4 is 10.8 Å². The van der Waals surface area contributed by atoms with Crippen molar-refractivity contribution in [3.8, 4) is 17.0 Å². The molecule has 1 unspecified atom stereocenters. The van der Waals surface area contributed by atoms with Crippen LogP contribution >= 0.6 is 0 Å². The average Bonchev–Trinajstić information content (AvgIpc) is 3.53. The Labute approximate surface area is 177 Å². The topological polar surface area (TPSA) is 53.8 Å². The Kier molecular flexibility index (Phi) is 5.46. The molecule has 2 aliphatic rings. The SMILES string of the molecule is Cn1ccc(-c2ccc(OCC(O)CN3CCN(C4CC4)CC3)c3ccccc23)n1. The largest absolute Gasteiger partial charge is 0.490 e. The summed E-state index contributed by atoms with van der Waals surface area (Å²) in [6.45, 7) is 5.29. The van der Waals surface area contributed by atoms with E-state index in [0.29, 0.717) is 13.2 Å². The van der Waals surface area contributed by atoms with Gasteiger partial charge < -0.3 is 9.84 Å². The molecule has 30 heavy (non-hydrogen) atoms. The van der Waals surface area contributed by atoms with Crippen LogP contribution in [0.2, 0.25) is 0 Å². The highest BCUT2D eigenvalue weighted by atomic mass is 16.5. The van der Waals surface area contributed by atoms with Gasteiger partial charge in [0.15, 0.2) is 0 Å². The van der Waals surface area contributed by atoms with Gasteiger partial charge in [0.05, 0.1) is 5.69 Å². The molecule has 1 aliphatic carbocycles. The molecule has 158 valence electrons. The lowest BCUT2D eigenvalue weighted by atomic mass is 10.0. The number of β-amino-alcohol motifs (C(OH)–C–C–N with tert-alkyl or cyclic N) is 1. The van der Waals surface area contributed by atoms with E-state index in [9.17, 15) is 5.11 Å². The average molecular weight is 407 g/mol. The summed E-state index contributed by atoms with van der Waals surface area (Å²) in [5.41, 5.74) is 2.04. The number of fused-ring (bicyclic) bond motifs is 1. The summed E-state index contributed by atoms with van der Waals surface area (Å²) in [5.74, 6) is 0.808. The monoisotopic (exact) mass is 406 g/mol. The van der Waals surface area contributed by atoms with Gasteiger partial charge in [-0.15, -0.1) is 0 Å². The smallest absolute Gasteiger partial charge is 0.127 e. The molecule has 1 aromatic heterocycles. The number of rotatable bonds is 7. The van der Waals surface area contributed by atoms with Crippen molar-refractivity contribution in [2.24, 2.45) is 7.05 Å². The Morgan fingerprint density at radius 1 is 1.03 bits per heavy atom. The molecule has 1 saturated carbocycles. The highest BCUT2D eigenvalue weighted by Crippen LogP contribution is 2.34. The van der Waals surface area contributed by atoms with Gasteiger partial charge in [0.2, 0.25) is 0 Å². The predicted octanol–water partition coefficient (Wildman–Crippen LogP) is 2.76. The predicted molar refractivity (Wildman–Crippen MR) is 119 cm³/mol. The number of aliphatic hydroxyl groups is 1. The van der Waals surface area contributed by atoms with Crippen LogP contribution < -0.4 is 4.74 Å². The second kappa shape index (κ2) is 8.38. The van der Waals surface area contributed by atoms with Gasteiger partial charge in [0.1, 0.15) is 18.5 Å². The molecular weight excluding hydrogens is 376 g/mol. The zero-order valence-electron chi connectivity index (χ0n) is 17.6. The van der Waals surface area contributed by atoms with Crippen molar-refractivity contribution in [2.75, 3.05) is 39.3 Å². The molecule has 0 amide bonds. The van der Waals surface area contributed by atoms with E-state index in [1.807, 2.05) is 42.2 Å². The Morgan fingerprint density at radius 3 is 2.50 bits per heavy atom. The summed E-state index contributed by atoms with van der Waals surface area (Å²) in [5, 5.41) is 17.3. The highest BCUT2D eigenvalue weighted by molar-refractivity contribution is 5.99. The van der Waals surface area contributed by atoms with Gasteiger partial charge in [-0.3, -0.25) is 14.5 Å². The number of piperazine rings is 1. The molecular formula is C24H30N4O2. The standard InChI is InChI=1S/C24H30N4O2/c1-26-11-10-23(25-26)21-8-9-24(22-5-3-2-4-20(21)22)30-17-19(29)16-27-12-14-28(15-13-27)18-6-7-18/h2-5,8-11,18-19,29H,6-7,12-17H2,1H3. The minimum absolute atomic E-state index is 0.301. The number of aryl methyl sites for hydroxylation is 1. The van der Waals surface area contributed by atoms with E-state index < -0.39 is 6.10 Å². The van der Waals surface area contributed by atoms with E-state index in [1.54, 1.807) is 0 Å². The maximum absolute atomic E-state index is 10.6. The Bertz CT molecular complexity index is 1010. The van der Waals surface area contributed by atoms with Gasteiger partial charge in [-0.1, -0.05) is 24.3 Å². The van der Waals surface area contributed by atoms with Crippen LogP contribution in [-0.2, 0) is 7.05 Å². The molecule has 0 spiro atoms. The van der Waals surface area contributed by atoms with Crippen molar-refractivity contribution in [3.63, 3.8) is 0 Å². The third-order valence-corrected chi connectivity index (χ3v) is 6.24. The number of hydrogen-bond donors (Lipinski definition) is 1. The number of ether oxygens (including phenoxy) is 1. The molecule has 5 rings (SSSR count). The fraction of sp³-hybridized carbons (Fsp3) is 0.458. The van der Waals surface area contributed by atoms with E-state index in [-0.39, 0.29) is 0 Å². The van der Waals surface area contributed by atoms with Gasteiger partial charge in [0.25, 0.3) is 0 Å². The Balaban J connectivity index is 1.23. The van der Waals surface area contributed by atoms with Gasteiger partial charge in [-0.2, -0.15) is 5.10 Å². The van der Waals surface area contributed by atoms with Gasteiger partial charge in [0, 0.05) is 63.0 Å². The number of benzene rings is 2. The van der Waals surface area contributed by atoms with Crippen LogP contribution in [0.15, 0.2) is 48.7 Å². The molecule has 2 heterocycles. The van der Waals surface area contributed by atoms with Crippen molar-refractivity contribution in [1.29, 1.82) is 0 Å². The van der Waals surface area contributed by atoms with Crippen LogP contribution in [0.25, 0.3) is 22.0 Å². The van der Waals surface area contributed by atoms with Crippen LogP contribution in [0.5, 0.6) is 5.75 Å². The minimum Gasteiger partial charge on any atom is -0.490 e. The van der Waals surface area contributed by atoms with Crippen LogP contribution in [0.1, 0.15) is 12.8 Å². The third-order valence-electron chi connectivity index (χ3n) is 6.24. The molecule has 0 radical (unpaired) electrons.